The molecule has 1 aromatic rings. The van der Waals surface area contributed by atoms with Crippen LogP contribution in [0, 0.1) is 0 Å². The van der Waals surface area contributed by atoms with Crippen molar-refractivity contribution in [2.24, 2.45) is 0 Å². The van der Waals surface area contributed by atoms with Gasteiger partial charge in [-0.25, -0.2) is 0 Å². The van der Waals surface area contributed by atoms with E-state index >= 15 is 0 Å². The first kappa shape index (κ1) is 7.40. The highest BCUT2D eigenvalue weighted by molar-refractivity contribution is 5.85. The van der Waals surface area contributed by atoms with Crippen LogP contribution < -0.4 is 5.11 Å². The van der Waals surface area contributed by atoms with Gasteiger partial charge >= 0.3 is 0 Å². The van der Waals surface area contributed by atoms with Gasteiger partial charge in [-0.05, 0) is 18.2 Å². The van der Waals surface area contributed by atoms with Crippen LogP contribution in [-0.2, 0) is 0 Å². The van der Waals surface area contributed by atoms with E-state index in [1.165, 1.54) is 24.5 Å². The molecule has 0 radical (unpaired) electrons. The third-order valence-electron chi connectivity index (χ3n) is 1.00. The van der Waals surface area contributed by atoms with E-state index in [2.05, 4.69) is 9.15 Å². The average Bonchev–Trinajstić information content (AvgIpc) is 1.84. The molecular weight excluding hydrogens is 148 g/mol. The van der Waals surface area contributed by atoms with Gasteiger partial charge in [0.1, 0.15) is 12.5 Å². The Morgan fingerprint density at radius 3 is 2.73 bits per heavy atom. The van der Waals surface area contributed by atoms with Crippen LogP contribution in [0.3, 0.4) is 0 Å². The number of rotatable bonds is 1. The molecule has 0 N–H and O–H groups in total. The van der Waals surface area contributed by atoms with Gasteiger partial charge in [0, 0.05) is 5.56 Å². The summed E-state index contributed by atoms with van der Waals surface area (Å²) in [7, 11) is 0. The Bertz CT molecular complexity index is 263. The number of carbonyl (C=O) groups excluding carboxylic acids is 1. The van der Waals surface area contributed by atoms with Crippen molar-refractivity contribution in [1.82, 2.24) is 0 Å². The van der Waals surface area contributed by atoms with Gasteiger partial charge < -0.3 is 9.90 Å². The standard InChI is InChI=1S/C7H6O4/c8-7(9)6-2-1-4-10-11-5-3-6/h1-5H,(H,8,9)/p-1. The molecule has 58 valence electrons. The maximum absolute atomic E-state index is 10.3. The summed E-state index contributed by atoms with van der Waals surface area (Å²) in [5.74, 6) is -1.25. The molecule has 0 unspecified atom stereocenters. The van der Waals surface area contributed by atoms with Crippen LogP contribution in [0.5, 0.6) is 0 Å². The maximum Gasteiger partial charge on any atom is 0.143 e. The molecule has 0 bridgehead atoms. The van der Waals surface area contributed by atoms with Crippen molar-refractivity contribution in [3.63, 3.8) is 0 Å². The molecule has 0 saturated heterocycles. The molecule has 4 heteroatoms. The Hall–Kier alpha value is -1.71. The second-order valence-electron chi connectivity index (χ2n) is 1.73. The lowest BCUT2D eigenvalue weighted by molar-refractivity contribution is -0.255. The zero-order valence-corrected chi connectivity index (χ0v) is 5.52. The Labute approximate surface area is 62.3 Å². The minimum atomic E-state index is -1.25. The van der Waals surface area contributed by atoms with E-state index in [1.807, 2.05) is 0 Å². The van der Waals surface area contributed by atoms with Gasteiger partial charge in [0.05, 0.1) is 5.97 Å². The molecule has 0 atom stereocenters. The third kappa shape index (κ3) is 2.17. The molecule has 1 heterocycles. The molecule has 0 aliphatic carbocycles. The second-order valence-corrected chi connectivity index (χ2v) is 1.73. The summed E-state index contributed by atoms with van der Waals surface area (Å²) < 4.78 is 8.73. The first-order valence-electron chi connectivity index (χ1n) is 2.87. The van der Waals surface area contributed by atoms with Gasteiger partial charge in [0.25, 0.3) is 0 Å². The van der Waals surface area contributed by atoms with Crippen molar-refractivity contribution < 1.29 is 19.1 Å². The van der Waals surface area contributed by atoms with E-state index in [0.717, 1.165) is 6.26 Å². The fourth-order valence-electron chi connectivity index (χ4n) is 0.532. The van der Waals surface area contributed by atoms with Crippen LogP contribution in [0.1, 0.15) is 10.4 Å². The van der Waals surface area contributed by atoms with Crippen molar-refractivity contribution in [2.45, 2.75) is 0 Å². The normalized spacial score (nSPS) is 8.73. The summed E-state index contributed by atoms with van der Waals surface area (Å²) in [5, 5.41) is 10.3. The number of carbonyl (C=O) groups is 1. The van der Waals surface area contributed by atoms with E-state index in [0.29, 0.717) is 0 Å². The number of carboxylic acid groups (broad SMARTS) is 1. The first-order valence-corrected chi connectivity index (χ1v) is 2.87. The molecule has 1 aromatic heterocycles. The zero-order chi connectivity index (χ0) is 8.10. The molecule has 0 aliphatic heterocycles. The van der Waals surface area contributed by atoms with Gasteiger partial charge in [-0.1, -0.05) is 0 Å². The fourth-order valence-corrected chi connectivity index (χ4v) is 0.532. The Balaban J connectivity index is 3.12. The lowest BCUT2D eigenvalue weighted by Crippen LogP contribution is -2.21. The van der Waals surface area contributed by atoms with Crippen molar-refractivity contribution in [3.05, 3.63) is 36.3 Å². The Morgan fingerprint density at radius 2 is 2.00 bits per heavy atom. The predicted molar refractivity (Wildman–Crippen MR) is 32.9 cm³/mol. The fraction of sp³-hybridized carbons (Fsp3) is 0. The van der Waals surface area contributed by atoms with Crippen molar-refractivity contribution in [3.8, 4) is 0 Å². The van der Waals surface area contributed by atoms with Crippen LogP contribution >= 0.6 is 0 Å². The van der Waals surface area contributed by atoms with Crippen molar-refractivity contribution in [1.29, 1.82) is 0 Å². The van der Waals surface area contributed by atoms with Gasteiger partial charge in [0.15, 0.2) is 0 Å². The molecule has 4 nitrogen and oxygen atoms in total. The molecule has 0 spiro atoms. The van der Waals surface area contributed by atoms with Crippen LogP contribution in [0.2, 0.25) is 0 Å². The van der Waals surface area contributed by atoms with Gasteiger partial charge in [0.2, 0.25) is 0 Å². The van der Waals surface area contributed by atoms with E-state index in [-0.39, 0.29) is 5.56 Å². The highest BCUT2D eigenvalue weighted by atomic mass is 17.0. The zero-order valence-electron chi connectivity index (χ0n) is 5.52. The highest BCUT2D eigenvalue weighted by Crippen LogP contribution is 1.92. The molecule has 0 aromatic carbocycles. The third-order valence-corrected chi connectivity index (χ3v) is 1.00. The van der Waals surface area contributed by atoms with Gasteiger partial charge in [-0.15, -0.1) is 0 Å². The summed E-state index contributed by atoms with van der Waals surface area (Å²) in [4.78, 5) is 10.3. The number of hydrogen-bond acceptors (Lipinski definition) is 4. The predicted octanol–water partition coefficient (Wildman–Crippen LogP) is 0.360. The van der Waals surface area contributed by atoms with E-state index < -0.39 is 5.97 Å². The minimum absolute atomic E-state index is 0.0320. The quantitative estimate of drug-likeness (QED) is 0.546. The van der Waals surface area contributed by atoms with Crippen LogP contribution in [0.25, 0.3) is 0 Å². The molecule has 0 amide bonds. The Morgan fingerprint density at radius 1 is 1.27 bits per heavy atom. The molecule has 11 heavy (non-hydrogen) atoms. The highest BCUT2D eigenvalue weighted by Gasteiger charge is 1.86. The minimum Gasteiger partial charge on any atom is -0.545 e. The van der Waals surface area contributed by atoms with E-state index in [1.54, 1.807) is 0 Å². The second kappa shape index (κ2) is 3.46. The number of aromatic carboxylic acids is 1. The topological polar surface area (TPSA) is 66.4 Å². The van der Waals surface area contributed by atoms with Gasteiger partial charge in [-0.2, -0.15) is 0 Å². The smallest absolute Gasteiger partial charge is 0.143 e. The summed E-state index contributed by atoms with van der Waals surface area (Å²) >= 11 is 0. The summed E-state index contributed by atoms with van der Waals surface area (Å²) in [6.45, 7) is 0. The van der Waals surface area contributed by atoms with E-state index in [9.17, 15) is 9.90 Å². The summed E-state index contributed by atoms with van der Waals surface area (Å²) in [6, 6.07) is 3.97. The lowest BCUT2D eigenvalue weighted by atomic mass is 10.3. The van der Waals surface area contributed by atoms with E-state index in [4.69, 9.17) is 0 Å². The summed E-state index contributed by atoms with van der Waals surface area (Å²) in [6.07, 6.45) is 2.33. The largest absolute Gasteiger partial charge is 0.545 e. The van der Waals surface area contributed by atoms with Crippen molar-refractivity contribution in [2.75, 3.05) is 0 Å². The number of carboxylic acids is 1. The maximum atomic E-state index is 10.3. The first-order chi connectivity index (χ1) is 5.30. The monoisotopic (exact) mass is 153 g/mol. The molecule has 1 rings (SSSR count). The lowest BCUT2D eigenvalue weighted by Gasteiger charge is -1.96. The Kier molecular flexibility index (Phi) is 2.32. The summed E-state index contributed by atoms with van der Waals surface area (Å²) in [5.41, 5.74) is 0.0320. The van der Waals surface area contributed by atoms with Crippen LogP contribution in [0.4, 0.5) is 0 Å². The van der Waals surface area contributed by atoms with Crippen LogP contribution in [-0.4, -0.2) is 5.97 Å². The SMILES string of the molecule is O=C([O-])c1cccoocc1. The number of hydrogen-bond donors (Lipinski definition) is 0. The molecule has 0 aliphatic rings. The van der Waals surface area contributed by atoms with Crippen molar-refractivity contribution >= 4 is 5.97 Å². The molecule has 0 saturated carbocycles. The van der Waals surface area contributed by atoms with Crippen LogP contribution in [0.15, 0.2) is 39.9 Å². The van der Waals surface area contributed by atoms with Gasteiger partial charge in [-0.3, -0.25) is 9.15 Å². The molecular formula is C7H5O4-. The molecule has 0 fully saturated rings. The average molecular weight is 153 g/mol.